The number of methoxy groups -OCH3 is 1. The van der Waals surface area contributed by atoms with Crippen molar-refractivity contribution in [3.63, 3.8) is 0 Å². The summed E-state index contributed by atoms with van der Waals surface area (Å²) in [6.45, 7) is 7.36. The second-order valence-corrected chi connectivity index (χ2v) is 13.1. The molecule has 2 saturated heterocycles. The smallest absolute Gasteiger partial charge is 0.409 e. The largest absolute Gasteiger partial charge is 0.458 e. The molecule has 1 amide bonds. The van der Waals surface area contributed by atoms with E-state index in [4.69, 9.17) is 41.3 Å². The van der Waals surface area contributed by atoms with Gasteiger partial charge in [-0.1, -0.05) is 37.6 Å². The Morgan fingerprint density at radius 1 is 1.33 bits per heavy atom. The van der Waals surface area contributed by atoms with Crippen molar-refractivity contribution in [3.8, 4) is 5.75 Å². The number of halogens is 1. The van der Waals surface area contributed by atoms with E-state index in [0.29, 0.717) is 18.5 Å². The van der Waals surface area contributed by atoms with Crippen LogP contribution in [0.5, 0.6) is 5.75 Å². The molecule has 0 spiro atoms. The first-order valence-corrected chi connectivity index (χ1v) is 15.6. The van der Waals surface area contributed by atoms with Crippen molar-refractivity contribution in [2.75, 3.05) is 26.1 Å². The number of anilines is 1. The van der Waals surface area contributed by atoms with E-state index in [2.05, 4.69) is 17.6 Å². The van der Waals surface area contributed by atoms with Gasteiger partial charge in [0.25, 0.3) is 0 Å². The average molecular weight is 655 g/mol. The highest BCUT2D eigenvalue weighted by Gasteiger charge is 2.64. The van der Waals surface area contributed by atoms with E-state index in [-0.39, 0.29) is 29.5 Å². The third-order valence-electron chi connectivity index (χ3n) is 9.34. The predicted octanol–water partition coefficient (Wildman–Crippen LogP) is 2.39. The van der Waals surface area contributed by atoms with Crippen LogP contribution in [0, 0.1) is 11.8 Å². The molecule has 0 aromatic heterocycles. The zero-order valence-corrected chi connectivity index (χ0v) is 27.7. The number of esters is 1. The number of nitrogens with one attached hydrogen (secondary N) is 2. The topological polar surface area (TPSA) is 177 Å². The molecular weight excluding hydrogens is 608 g/mol. The molecule has 3 aliphatic rings. The third-order valence-corrected chi connectivity index (χ3v) is 9.72. The van der Waals surface area contributed by atoms with Gasteiger partial charge >= 0.3 is 12.1 Å². The number of alkyl carbamates (subject to hydrolysis) is 1. The number of nitrogens with zero attached hydrogens (tertiary/aromatic N) is 1. The number of ether oxygens (including phenoxy) is 4. The monoisotopic (exact) mass is 654 g/mol. The minimum atomic E-state index is -1.75. The fourth-order valence-electron chi connectivity index (χ4n) is 6.27. The Kier molecular flexibility index (Phi) is 11.0. The first-order chi connectivity index (χ1) is 21.2. The van der Waals surface area contributed by atoms with Crippen LogP contribution in [0.3, 0.4) is 0 Å². The summed E-state index contributed by atoms with van der Waals surface area (Å²) in [5.41, 5.74) is -1.44. The first-order valence-electron chi connectivity index (χ1n) is 15.2. The maximum absolute atomic E-state index is 13.0. The number of carbonyl (C=O) groups is 2. The summed E-state index contributed by atoms with van der Waals surface area (Å²) in [6.07, 6.45) is -0.162. The molecule has 252 valence electrons. The van der Waals surface area contributed by atoms with Crippen LogP contribution < -0.4 is 26.3 Å². The van der Waals surface area contributed by atoms with E-state index >= 15 is 0 Å². The Labute approximate surface area is 269 Å². The van der Waals surface area contributed by atoms with E-state index in [1.807, 2.05) is 19.1 Å². The van der Waals surface area contributed by atoms with Gasteiger partial charge in [0.15, 0.2) is 11.5 Å². The Morgan fingerprint density at radius 2 is 2.04 bits per heavy atom. The lowest BCUT2D eigenvalue weighted by molar-refractivity contribution is -0.156. The molecular formula is C31H47ClN4O9. The Bertz CT molecular complexity index is 1270. The zero-order valence-electron chi connectivity index (χ0n) is 26.9. The van der Waals surface area contributed by atoms with E-state index in [1.54, 1.807) is 45.0 Å². The van der Waals surface area contributed by atoms with E-state index < -0.39 is 66.0 Å². The van der Waals surface area contributed by atoms with Crippen molar-refractivity contribution in [1.29, 1.82) is 0 Å². The third kappa shape index (κ3) is 7.51. The quantitative estimate of drug-likeness (QED) is 0.136. The van der Waals surface area contributed by atoms with Gasteiger partial charge in [0.1, 0.15) is 41.2 Å². The molecule has 1 aromatic carbocycles. The average Bonchev–Trinajstić information content (AvgIpc) is 3.69. The molecule has 2 fully saturated rings. The summed E-state index contributed by atoms with van der Waals surface area (Å²) in [6, 6.07) is 3.00. The molecule has 4 bridgehead atoms. The highest BCUT2D eigenvalue weighted by molar-refractivity contribution is 6.34. The fourth-order valence-corrected chi connectivity index (χ4v) is 6.55. The normalized spacial score (nSPS) is 37.0. The lowest BCUT2D eigenvalue weighted by Crippen LogP contribution is -2.63. The fraction of sp³-hybridized carbons (Fsp3) is 0.677. The standard InChI is InChI=1S/C31H47ClN4O9/c1-16-9-8-10-23(41-7)31(40)15-22(42-29(39)35-31)17(2)27-30(4,44-27)24(43-28(38)18(3)34-5)14-25(37)36(6)20-12-19(11-16)13-21(45-33)26(20)32/h8,10,12-13,16-18,22-25,27,34,37,40H,9,11,14-15,33H2,1-7H3,(H,35,39)/b10-8+/t16?,17?,18-,22?,23?,24?,25?,27?,30?,31?/m1/s1. The molecule has 10 atom stereocenters. The SMILES string of the molecule is CN[C@H](C)C(=O)OC1CC(O)N(C)c2cc(cc(ON)c2Cl)CC(C)C/C=C/C(OC)C2(O)CC(OC(=O)N2)C(C)C2OC12C. The molecule has 0 radical (unpaired) electrons. The highest BCUT2D eigenvalue weighted by atomic mass is 35.5. The van der Waals surface area contributed by atoms with Gasteiger partial charge in [-0.05, 0) is 57.4 Å². The van der Waals surface area contributed by atoms with Crippen LogP contribution in [-0.4, -0.2) is 91.5 Å². The van der Waals surface area contributed by atoms with Gasteiger partial charge in [0, 0.05) is 32.9 Å². The molecule has 0 aliphatic carbocycles. The number of carbonyl (C=O) groups excluding carboxylic acids is 2. The van der Waals surface area contributed by atoms with Crippen molar-refractivity contribution in [2.45, 2.75) is 101 Å². The molecule has 9 unspecified atom stereocenters. The first kappa shape index (κ1) is 35.2. The summed E-state index contributed by atoms with van der Waals surface area (Å²) in [4.78, 5) is 32.4. The number of nitrogens with two attached hydrogens (primary N) is 1. The van der Waals surface area contributed by atoms with E-state index in [1.165, 1.54) is 7.11 Å². The molecule has 4 rings (SSSR count). The van der Waals surface area contributed by atoms with Crippen molar-refractivity contribution in [3.05, 3.63) is 34.9 Å². The number of aliphatic hydroxyl groups is 2. The molecule has 1 aromatic rings. The van der Waals surface area contributed by atoms with Gasteiger partial charge in [0.2, 0.25) is 0 Å². The van der Waals surface area contributed by atoms with Crippen molar-refractivity contribution >= 4 is 29.4 Å². The minimum Gasteiger partial charge on any atom is -0.458 e. The van der Waals surface area contributed by atoms with Gasteiger partial charge in [-0.15, -0.1) is 0 Å². The van der Waals surface area contributed by atoms with Crippen LogP contribution in [0.25, 0.3) is 0 Å². The summed E-state index contributed by atoms with van der Waals surface area (Å²) in [7, 11) is 4.78. The Balaban J connectivity index is 1.76. The lowest BCUT2D eigenvalue weighted by atomic mass is 9.83. The zero-order chi connectivity index (χ0) is 33.3. The number of hydrogen-bond acceptors (Lipinski definition) is 12. The molecule has 6 N–H and O–H groups in total. The number of fused-ring (bicyclic) bond motifs is 5. The maximum atomic E-state index is 13.0. The Morgan fingerprint density at radius 3 is 2.69 bits per heavy atom. The van der Waals surface area contributed by atoms with Crippen molar-refractivity contribution in [1.82, 2.24) is 10.6 Å². The Hall–Kier alpha value is -2.65. The predicted molar refractivity (Wildman–Crippen MR) is 167 cm³/mol. The number of aliphatic hydroxyl groups excluding tert-OH is 1. The summed E-state index contributed by atoms with van der Waals surface area (Å²) >= 11 is 6.67. The molecule has 3 heterocycles. The summed E-state index contributed by atoms with van der Waals surface area (Å²) in [5.74, 6) is 4.99. The van der Waals surface area contributed by atoms with Gasteiger partial charge in [-0.3, -0.25) is 10.1 Å². The maximum Gasteiger partial charge on any atom is 0.409 e. The summed E-state index contributed by atoms with van der Waals surface area (Å²) in [5, 5.41) is 28.8. The number of hydrogen-bond donors (Lipinski definition) is 5. The molecule has 0 saturated carbocycles. The van der Waals surface area contributed by atoms with Gasteiger partial charge in [0.05, 0.1) is 11.8 Å². The lowest BCUT2D eigenvalue weighted by Gasteiger charge is -2.42. The minimum absolute atomic E-state index is 0.0209. The number of likely N-dealkylation sites (N-methyl/N-ethyl adjacent to an activating group) is 1. The highest BCUT2D eigenvalue weighted by Crippen LogP contribution is 2.49. The van der Waals surface area contributed by atoms with Gasteiger partial charge in [-0.25, -0.2) is 4.79 Å². The summed E-state index contributed by atoms with van der Waals surface area (Å²) < 4.78 is 23.4. The van der Waals surface area contributed by atoms with Crippen molar-refractivity contribution in [2.24, 2.45) is 17.7 Å². The number of epoxide rings is 1. The number of allylic oxidation sites excluding steroid dienone is 1. The van der Waals surface area contributed by atoms with E-state index in [0.717, 1.165) is 5.56 Å². The molecule has 3 aliphatic heterocycles. The second-order valence-electron chi connectivity index (χ2n) is 12.7. The van der Waals surface area contributed by atoms with Gasteiger partial charge < -0.3 is 44.2 Å². The molecule has 14 heteroatoms. The van der Waals surface area contributed by atoms with Crippen LogP contribution >= 0.6 is 11.6 Å². The van der Waals surface area contributed by atoms with Crippen LogP contribution in [0.15, 0.2) is 24.3 Å². The van der Waals surface area contributed by atoms with E-state index in [9.17, 15) is 19.8 Å². The number of rotatable bonds is 5. The number of benzene rings is 1. The van der Waals surface area contributed by atoms with Crippen LogP contribution in [0.2, 0.25) is 5.02 Å². The van der Waals surface area contributed by atoms with Crippen LogP contribution in [-0.2, 0) is 30.2 Å². The molecule has 45 heavy (non-hydrogen) atoms. The van der Waals surface area contributed by atoms with Crippen molar-refractivity contribution < 1.29 is 43.6 Å². The molecule has 13 nitrogen and oxygen atoms in total. The van der Waals surface area contributed by atoms with Crippen LogP contribution in [0.4, 0.5) is 10.5 Å². The second kappa shape index (κ2) is 14.0. The number of amides is 1. The van der Waals surface area contributed by atoms with Gasteiger partial charge in [-0.2, -0.15) is 5.90 Å². The van der Waals surface area contributed by atoms with Crippen LogP contribution in [0.1, 0.15) is 52.5 Å².